The highest BCUT2D eigenvalue weighted by Crippen LogP contribution is 2.37. The monoisotopic (exact) mass is 576 g/mol. The van der Waals surface area contributed by atoms with Crippen molar-refractivity contribution < 1.29 is 28.7 Å². The first kappa shape index (κ1) is 30.1. The third kappa shape index (κ3) is 6.89. The van der Waals surface area contributed by atoms with Gasteiger partial charge in [-0.3, -0.25) is 19.2 Å². The number of rotatable bonds is 8. The van der Waals surface area contributed by atoms with Crippen LogP contribution in [0.4, 0.5) is 5.69 Å². The number of carbonyl (C=O) groups is 4. The second-order valence-electron chi connectivity index (χ2n) is 11.8. The fraction of sp³-hybridized carbons (Fsp3) is 0.655. The Morgan fingerprint density at radius 1 is 1.18 bits per heavy atom. The van der Waals surface area contributed by atoms with E-state index in [4.69, 9.17) is 26.8 Å². The summed E-state index contributed by atoms with van der Waals surface area (Å²) in [5.74, 6) is -0.308. The van der Waals surface area contributed by atoms with Gasteiger partial charge in [0, 0.05) is 12.1 Å². The molecule has 4 N–H and O–H groups in total. The zero-order valence-corrected chi connectivity index (χ0v) is 24.4. The van der Waals surface area contributed by atoms with Crippen LogP contribution in [0.2, 0.25) is 5.02 Å². The Morgan fingerprint density at radius 3 is 2.62 bits per heavy atom. The lowest BCUT2D eigenvalue weighted by atomic mass is 9.75. The van der Waals surface area contributed by atoms with Gasteiger partial charge in [0.1, 0.15) is 18.1 Å². The molecular weight excluding hydrogens is 536 g/mol. The molecule has 0 aromatic heterocycles. The summed E-state index contributed by atoms with van der Waals surface area (Å²) in [4.78, 5) is 53.1. The van der Waals surface area contributed by atoms with Crippen LogP contribution >= 0.6 is 11.6 Å². The normalized spacial score (nSPS) is 29.2. The molecular formula is C29H41ClN4O6. The minimum atomic E-state index is -0.869. The summed E-state index contributed by atoms with van der Waals surface area (Å²) >= 11 is 6.02. The van der Waals surface area contributed by atoms with Crippen LogP contribution < -0.4 is 16.4 Å². The molecule has 1 aromatic rings. The molecule has 40 heavy (non-hydrogen) atoms. The first-order valence-electron chi connectivity index (χ1n) is 14.3. The van der Waals surface area contributed by atoms with E-state index < -0.39 is 36.3 Å². The number of carbonyl (C=O) groups excluding carboxylic acids is 4. The van der Waals surface area contributed by atoms with E-state index in [-0.39, 0.29) is 34.9 Å². The van der Waals surface area contributed by atoms with Crippen molar-refractivity contribution in [3.63, 3.8) is 0 Å². The molecule has 11 heteroatoms. The summed E-state index contributed by atoms with van der Waals surface area (Å²) in [5, 5.41) is 5.86. The highest BCUT2D eigenvalue weighted by molar-refractivity contribution is 6.33. The molecule has 0 radical (unpaired) electrons. The van der Waals surface area contributed by atoms with E-state index in [1.165, 1.54) is 23.1 Å². The highest BCUT2D eigenvalue weighted by Gasteiger charge is 2.44. The molecule has 2 unspecified atom stereocenters. The van der Waals surface area contributed by atoms with Gasteiger partial charge in [0.25, 0.3) is 5.91 Å². The van der Waals surface area contributed by atoms with Crippen molar-refractivity contribution in [3.8, 4) is 0 Å². The number of likely N-dealkylation sites (tertiary alicyclic amines) is 1. The molecule has 2 aliphatic heterocycles. The van der Waals surface area contributed by atoms with Crippen LogP contribution in [0.1, 0.15) is 76.6 Å². The molecule has 3 amide bonds. The van der Waals surface area contributed by atoms with E-state index in [1.54, 1.807) is 6.92 Å². The van der Waals surface area contributed by atoms with Crippen molar-refractivity contribution in [2.24, 2.45) is 17.8 Å². The summed E-state index contributed by atoms with van der Waals surface area (Å²) in [5.41, 5.74) is 6.34. The average Bonchev–Trinajstić information content (AvgIpc) is 3.51. The number of hydrogen-bond acceptors (Lipinski definition) is 7. The summed E-state index contributed by atoms with van der Waals surface area (Å²) in [6.07, 6.45) is 3.32. The first-order valence-corrected chi connectivity index (χ1v) is 14.6. The first-order chi connectivity index (χ1) is 18.9. The molecule has 1 aromatic carbocycles. The van der Waals surface area contributed by atoms with Crippen LogP contribution in [0.5, 0.6) is 0 Å². The highest BCUT2D eigenvalue weighted by atomic mass is 35.5. The van der Waals surface area contributed by atoms with E-state index in [1.807, 2.05) is 0 Å². The summed E-state index contributed by atoms with van der Waals surface area (Å²) in [6, 6.07) is 2.28. The number of ether oxygens (including phenoxy) is 2. The largest absolute Gasteiger partial charge is 0.433 e. The fourth-order valence-corrected chi connectivity index (χ4v) is 6.24. The molecule has 2 saturated heterocycles. The number of hydrogen-bond donors (Lipinski definition) is 3. The number of amides is 3. The summed E-state index contributed by atoms with van der Waals surface area (Å²) in [7, 11) is 0. The van der Waals surface area contributed by atoms with Gasteiger partial charge < -0.3 is 30.7 Å². The van der Waals surface area contributed by atoms with Crippen molar-refractivity contribution in [1.82, 2.24) is 15.5 Å². The van der Waals surface area contributed by atoms with Crippen molar-refractivity contribution in [2.75, 3.05) is 12.3 Å². The lowest BCUT2D eigenvalue weighted by Gasteiger charge is -2.39. The van der Waals surface area contributed by atoms with Crippen LogP contribution in [0.25, 0.3) is 0 Å². The Kier molecular flexibility index (Phi) is 9.61. The maximum Gasteiger partial charge on any atom is 0.310 e. The Bertz CT molecular complexity index is 1130. The second kappa shape index (κ2) is 12.8. The number of nitrogens with one attached hydrogen (secondary N) is 2. The van der Waals surface area contributed by atoms with Gasteiger partial charge in [-0.2, -0.15) is 0 Å². The molecule has 1 saturated carbocycles. The maximum absolute atomic E-state index is 13.4. The van der Waals surface area contributed by atoms with E-state index in [0.717, 1.165) is 19.3 Å². The van der Waals surface area contributed by atoms with Gasteiger partial charge in [-0.05, 0) is 68.6 Å². The van der Waals surface area contributed by atoms with Gasteiger partial charge in [-0.25, -0.2) is 0 Å². The molecule has 3 aliphatic rings. The van der Waals surface area contributed by atoms with Gasteiger partial charge in [-0.1, -0.05) is 38.8 Å². The maximum atomic E-state index is 13.4. The molecule has 4 rings (SSSR count). The molecule has 2 heterocycles. The number of esters is 1. The Hall–Kier alpha value is -2.85. The number of anilines is 1. The third-order valence-corrected chi connectivity index (χ3v) is 8.71. The van der Waals surface area contributed by atoms with Gasteiger partial charge in [0.15, 0.2) is 0 Å². The van der Waals surface area contributed by atoms with Gasteiger partial charge in [-0.15, -0.1) is 0 Å². The number of nitrogens with two attached hydrogens (primary N) is 1. The van der Waals surface area contributed by atoms with Gasteiger partial charge in [0.2, 0.25) is 18.1 Å². The molecule has 1 aliphatic carbocycles. The molecule has 0 bridgehead atoms. The van der Waals surface area contributed by atoms with E-state index in [2.05, 4.69) is 31.4 Å². The SMILES string of the molecule is CC1CC[C@@H](C(C)C)[C@H](OC2OC(=O)C[C@@H]2NC(=O)[C@@H]2CCCN2C(=O)[C@H](C)NC(=O)c2ccc(N)c(Cl)c2)C1. The van der Waals surface area contributed by atoms with Crippen LogP contribution in [-0.4, -0.2) is 65.7 Å². The Morgan fingerprint density at radius 2 is 1.93 bits per heavy atom. The van der Waals surface area contributed by atoms with Crippen molar-refractivity contribution in [3.05, 3.63) is 28.8 Å². The zero-order valence-electron chi connectivity index (χ0n) is 23.7. The fourth-order valence-electron chi connectivity index (χ4n) is 6.06. The van der Waals surface area contributed by atoms with Crippen LogP contribution in [-0.2, 0) is 23.9 Å². The van der Waals surface area contributed by atoms with E-state index in [0.29, 0.717) is 42.8 Å². The average molecular weight is 577 g/mol. The molecule has 10 nitrogen and oxygen atoms in total. The Balaban J connectivity index is 1.37. The Labute approximate surface area is 240 Å². The topological polar surface area (TPSA) is 140 Å². The smallest absolute Gasteiger partial charge is 0.310 e. The lowest BCUT2D eigenvalue weighted by Crippen LogP contribution is -2.55. The summed E-state index contributed by atoms with van der Waals surface area (Å²) < 4.78 is 11.9. The molecule has 7 atom stereocenters. The van der Waals surface area contributed by atoms with Crippen molar-refractivity contribution >= 4 is 41.0 Å². The lowest BCUT2D eigenvalue weighted by molar-refractivity contribution is -0.191. The summed E-state index contributed by atoms with van der Waals surface area (Å²) in [6.45, 7) is 8.53. The van der Waals surface area contributed by atoms with E-state index in [9.17, 15) is 19.2 Å². The van der Waals surface area contributed by atoms with Crippen molar-refractivity contribution in [2.45, 2.75) is 96.7 Å². The minimum Gasteiger partial charge on any atom is -0.433 e. The van der Waals surface area contributed by atoms with Gasteiger partial charge >= 0.3 is 5.97 Å². The predicted octanol–water partition coefficient (Wildman–Crippen LogP) is 3.27. The van der Waals surface area contributed by atoms with Crippen LogP contribution in [0, 0.1) is 17.8 Å². The quantitative estimate of drug-likeness (QED) is 0.319. The second-order valence-corrected chi connectivity index (χ2v) is 12.2. The van der Waals surface area contributed by atoms with Crippen LogP contribution in [0.15, 0.2) is 18.2 Å². The van der Waals surface area contributed by atoms with E-state index >= 15 is 0 Å². The third-order valence-electron chi connectivity index (χ3n) is 8.38. The number of halogens is 1. The number of benzene rings is 1. The number of nitrogen functional groups attached to an aromatic ring is 1. The number of nitrogens with zero attached hydrogens (tertiary/aromatic N) is 1. The minimum absolute atomic E-state index is 0.0162. The molecule has 3 fully saturated rings. The van der Waals surface area contributed by atoms with Crippen molar-refractivity contribution in [1.29, 1.82) is 0 Å². The standard InChI is InChI=1S/C29H41ClN4O6/c1-15(2)19-9-7-16(3)12-24(19)39-29-22(14-25(35)40-29)33-27(37)23-6-5-11-34(23)28(38)17(4)32-26(36)18-8-10-21(31)20(30)13-18/h8,10,13,15-17,19,22-24,29H,5-7,9,11-12,14,31H2,1-4H3,(H,32,36)(H,33,37)/t16?,17-,19-,22-,23-,24+,29?/m0/s1. The van der Waals surface area contributed by atoms with Crippen LogP contribution in [0.3, 0.4) is 0 Å². The van der Waals surface area contributed by atoms with Gasteiger partial charge in [0.05, 0.1) is 23.2 Å². The zero-order chi connectivity index (χ0) is 29.1. The predicted molar refractivity (Wildman–Crippen MR) is 150 cm³/mol. The number of cyclic esters (lactones) is 1. The molecule has 220 valence electrons. The molecule has 0 spiro atoms.